The molecule has 5 heteroatoms. The van der Waals surface area contributed by atoms with Crippen LogP contribution in [0.1, 0.15) is 81.1 Å². The molecule has 0 fully saturated rings. The highest BCUT2D eigenvalue weighted by molar-refractivity contribution is 8.60. The lowest BCUT2D eigenvalue weighted by Gasteiger charge is -2.30. The molecule has 0 saturated heterocycles. The summed E-state index contributed by atoms with van der Waals surface area (Å²) in [6.07, 6.45) is 4.35. The maximum absolute atomic E-state index is 6.22. The molecule has 0 heterocycles. The molecule has 0 aliphatic rings. The highest BCUT2D eigenvalue weighted by Crippen LogP contribution is 2.57. The van der Waals surface area contributed by atoms with Gasteiger partial charge < -0.3 is 9.05 Å². The number of thiol groups is 1. The Balaban J connectivity index is 4.84. The molecule has 0 spiro atoms. The molecule has 0 aliphatic heterocycles. The summed E-state index contributed by atoms with van der Waals surface area (Å²) in [6, 6.07) is 0. The molecule has 0 amide bonds. The summed E-state index contributed by atoms with van der Waals surface area (Å²) in [6.45, 7) is 17.8. The summed E-state index contributed by atoms with van der Waals surface area (Å²) in [4.78, 5) is 0. The van der Waals surface area contributed by atoms with E-state index in [0.29, 0.717) is 23.7 Å². The molecular formula is C18H39O2PS2. The van der Waals surface area contributed by atoms with E-state index < -0.39 is 5.69 Å². The first-order chi connectivity index (χ1) is 10.4. The lowest BCUT2D eigenvalue weighted by Crippen LogP contribution is -2.20. The van der Waals surface area contributed by atoms with Crippen molar-refractivity contribution in [1.29, 1.82) is 0 Å². The van der Waals surface area contributed by atoms with Gasteiger partial charge in [0.1, 0.15) is 0 Å². The summed E-state index contributed by atoms with van der Waals surface area (Å²) >= 11 is 10.3. The van der Waals surface area contributed by atoms with Crippen LogP contribution in [0.4, 0.5) is 0 Å². The second kappa shape index (κ2) is 11.5. The van der Waals surface area contributed by atoms with Crippen LogP contribution in [0, 0.1) is 23.7 Å². The molecule has 0 N–H and O–H groups in total. The minimum Gasteiger partial charge on any atom is -0.318 e. The Bertz CT molecular complexity index is 307. The van der Waals surface area contributed by atoms with E-state index in [-0.39, 0.29) is 12.2 Å². The van der Waals surface area contributed by atoms with E-state index in [0.717, 1.165) is 25.7 Å². The lowest BCUT2D eigenvalue weighted by molar-refractivity contribution is 0.105. The van der Waals surface area contributed by atoms with Crippen molar-refractivity contribution in [2.24, 2.45) is 23.7 Å². The molecule has 0 aliphatic carbocycles. The van der Waals surface area contributed by atoms with E-state index in [2.05, 4.69) is 67.6 Å². The summed E-state index contributed by atoms with van der Waals surface area (Å²) < 4.78 is 12.4. The largest absolute Gasteiger partial charge is 0.318 e. The van der Waals surface area contributed by atoms with Crippen molar-refractivity contribution in [3.8, 4) is 0 Å². The normalized spacial score (nSPS) is 13.5. The van der Waals surface area contributed by atoms with Crippen molar-refractivity contribution in [2.45, 2.75) is 93.3 Å². The Hall–Kier alpha value is 0.920. The van der Waals surface area contributed by atoms with Crippen LogP contribution in [0.5, 0.6) is 0 Å². The summed E-state index contributed by atoms with van der Waals surface area (Å²) in [7, 11) is 0. The van der Waals surface area contributed by atoms with Crippen LogP contribution in [0.25, 0.3) is 0 Å². The van der Waals surface area contributed by atoms with Crippen molar-refractivity contribution < 1.29 is 9.05 Å². The fourth-order valence-electron chi connectivity index (χ4n) is 2.87. The number of hydrogen-bond donors (Lipinski definition) is 1. The third-order valence-corrected chi connectivity index (χ3v) is 5.71. The average Bonchev–Trinajstić information content (AvgIpc) is 2.22. The second-order valence-corrected chi connectivity index (χ2v) is 13.6. The fraction of sp³-hybridized carbons (Fsp3) is 1.00. The predicted molar refractivity (Wildman–Crippen MR) is 111 cm³/mol. The molecular weight excluding hydrogens is 343 g/mol. The van der Waals surface area contributed by atoms with Crippen molar-refractivity contribution in [3.05, 3.63) is 0 Å². The highest BCUT2D eigenvalue weighted by Gasteiger charge is 2.26. The van der Waals surface area contributed by atoms with Gasteiger partial charge in [0.15, 0.2) is 0 Å². The Kier molecular flexibility index (Phi) is 12.0. The molecule has 0 aromatic heterocycles. The minimum absolute atomic E-state index is 0.150. The predicted octanol–water partition coefficient (Wildman–Crippen LogP) is 7.10. The molecule has 0 aromatic rings. The average molecular weight is 383 g/mol. The molecule has 140 valence electrons. The zero-order chi connectivity index (χ0) is 18.2. The fourth-order valence-corrected chi connectivity index (χ4v) is 5.55. The van der Waals surface area contributed by atoms with E-state index in [1.807, 2.05) is 0 Å². The molecule has 0 unspecified atom stereocenters. The Morgan fingerprint density at radius 3 is 1.04 bits per heavy atom. The molecule has 0 saturated carbocycles. The van der Waals surface area contributed by atoms with Gasteiger partial charge in [-0.3, -0.25) is 0 Å². The van der Waals surface area contributed by atoms with Gasteiger partial charge in [0, 0.05) is 0 Å². The SMILES string of the molecule is CC(C)CC(CC(C)C)OP(=S)(S)OC(CC(C)C)CC(C)C. The minimum atomic E-state index is -2.50. The quantitative estimate of drug-likeness (QED) is 0.287. The number of rotatable bonds is 12. The first-order valence-corrected chi connectivity index (χ1v) is 12.9. The maximum Gasteiger partial charge on any atom is 0.244 e. The van der Waals surface area contributed by atoms with Gasteiger partial charge in [0.05, 0.1) is 12.2 Å². The van der Waals surface area contributed by atoms with Gasteiger partial charge >= 0.3 is 0 Å². The Morgan fingerprint density at radius 2 is 0.870 bits per heavy atom. The van der Waals surface area contributed by atoms with Gasteiger partial charge in [-0.25, -0.2) is 0 Å². The smallest absolute Gasteiger partial charge is 0.244 e. The van der Waals surface area contributed by atoms with Crippen LogP contribution in [0.15, 0.2) is 0 Å². The second-order valence-electron chi connectivity index (χ2n) is 8.44. The first kappa shape index (κ1) is 23.9. The van der Waals surface area contributed by atoms with Crippen LogP contribution in [0.3, 0.4) is 0 Å². The Morgan fingerprint density at radius 1 is 0.652 bits per heavy atom. The van der Waals surface area contributed by atoms with Crippen LogP contribution in [-0.2, 0) is 20.9 Å². The lowest BCUT2D eigenvalue weighted by atomic mass is 9.98. The van der Waals surface area contributed by atoms with Crippen molar-refractivity contribution in [2.75, 3.05) is 0 Å². The third-order valence-electron chi connectivity index (χ3n) is 3.50. The molecule has 0 rings (SSSR count). The maximum atomic E-state index is 6.22. The van der Waals surface area contributed by atoms with Gasteiger partial charge in [-0.1, -0.05) is 67.6 Å². The zero-order valence-electron chi connectivity index (χ0n) is 16.4. The molecule has 0 atom stereocenters. The van der Waals surface area contributed by atoms with Gasteiger partial charge in [-0.15, -0.1) is 0 Å². The van der Waals surface area contributed by atoms with E-state index in [1.165, 1.54) is 0 Å². The van der Waals surface area contributed by atoms with Gasteiger partial charge in [-0.2, -0.15) is 0 Å². The van der Waals surface area contributed by atoms with E-state index >= 15 is 0 Å². The van der Waals surface area contributed by atoms with Crippen molar-refractivity contribution in [1.82, 2.24) is 0 Å². The van der Waals surface area contributed by atoms with Crippen molar-refractivity contribution in [3.63, 3.8) is 0 Å². The molecule has 2 nitrogen and oxygen atoms in total. The topological polar surface area (TPSA) is 18.5 Å². The van der Waals surface area contributed by atoms with Crippen LogP contribution >= 0.6 is 17.9 Å². The van der Waals surface area contributed by atoms with E-state index in [9.17, 15) is 0 Å². The van der Waals surface area contributed by atoms with Gasteiger partial charge in [0.25, 0.3) is 0 Å². The zero-order valence-corrected chi connectivity index (χ0v) is 19.0. The Labute approximate surface area is 155 Å². The molecule has 0 radical (unpaired) electrons. The summed E-state index contributed by atoms with van der Waals surface area (Å²) in [5.41, 5.74) is -2.50. The molecule has 23 heavy (non-hydrogen) atoms. The van der Waals surface area contributed by atoms with Gasteiger partial charge in [0.2, 0.25) is 5.69 Å². The number of hydrogen-bond acceptors (Lipinski definition) is 3. The molecule has 0 bridgehead atoms. The highest BCUT2D eigenvalue weighted by atomic mass is 32.9. The van der Waals surface area contributed by atoms with Gasteiger partial charge in [-0.05, 0) is 61.2 Å². The van der Waals surface area contributed by atoms with E-state index in [4.69, 9.17) is 20.9 Å². The standard InChI is InChI=1S/C18H39O2PS2/c1-13(2)9-17(10-14(3)4)19-21(22,23)20-18(11-15(5)6)12-16(7)8/h13-18H,9-12H2,1-8H3,(H,22,23). The van der Waals surface area contributed by atoms with Crippen molar-refractivity contribution >= 4 is 29.7 Å². The first-order valence-electron chi connectivity index (χ1n) is 9.10. The summed E-state index contributed by atoms with van der Waals surface area (Å²) in [5, 5.41) is 0. The van der Waals surface area contributed by atoms with Crippen LogP contribution in [-0.4, -0.2) is 12.2 Å². The van der Waals surface area contributed by atoms with Crippen LogP contribution in [0.2, 0.25) is 0 Å². The van der Waals surface area contributed by atoms with E-state index in [1.54, 1.807) is 0 Å². The molecule has 0 aromatic carbocycles. The van der Waals surface area contributed by atoms with Crippen LogP contribution < -0.4 is 0 Å². The summed E-state index contributed by atoms with van der Waals surface area (Å²) in [5.74, 6) is 2.35. The third kappa shape index (κ3) is 13.8. The monoisotopic (exact) mass is 382 g/mol.